The van der Waals surface area contributed by atoms with Gasteiger partial charge in [0.2, 0.25) is 20.0 Å². The molecule has 2 aromatic rings. The standard InChI is InChI=1S/C20H24FN3O5S2/c21-19-3-1-2-4-20(19)22-9-11-23(12-10-22)30(25,26)17-5-7-18(8-6-17)31(27,28)24-13-15-29-16-14-24/h1-8H,9-16H2. The van der Waals surface area contributed by atoms with Crippen LogP contribution in [0.4, 0.5) is 10.1 Å². The predicted molar refractivity (Wildman–Crippen MR) is 113 cm³/mol. The molecule has 4 rings (SSSR count). The maximum absolute atomic E-state index is 14.0. The Morgan fingerprint density at radius 1 is 0.677 bits per heavy atom. The molecular weight excluding hydrogens is 445 g/mol. The van der Waals surface area contributed by atoms with Crippen molar-refractivity contribution in [2.45, 2.75) is 9.79 Å². The van der Waals surface area contributed by atoms with Crippen molar-refractivity contribution in [3.05, 3.63) is 54.3 Å². The third-order valence-corrected chi connectivity index (χ3v) is 9.33. The quantitative estimate of drug-likeness (QED) is 0.657. The lowest BCUT2D eigenvalue weighted by Crippen LogP contribution is -2.48. The summed E-state index contributed by atoms with van der Waals surface area (Å²) in [5.74, 6) is -0.337. The lowest BCUT2D eigenvalue weighted by molar-refractivity contribution is 0.0730. The first kappa shape index (κ1) is 22.2. The summed E-state index contributed by atoms with van der Waals surface area (Å²) in [5, 5.41) is 0. The molecule has 2 aromatic carbocycles. The summed E-state index contributed by atoms with van der Waals surface area (Å²) in [5.41, 5.74) is 0.456. The molecule has 0 radical (unpaired) electrons. The van der Waals surface area contributed by atoms with Crippen molar-refractivity contribution >= 4 is 25.7 Å². The Kier molecular flexibility index (Phi) is 6.31. The van der Waals surface area contributed by atoms with Crippen LogP contribution in [0.25, 0.3) is 0 Å². The van der Waals surface area contributed by atoms with Gasteiger partial charge in [-0.2, -0.15) is 8.61 Å². The number of anilines is 1. The fourth-order valence-corrected chi connectivity index (χ4v) is 6.58. The Hall–Kier alpha value is -2.05. The van der Waals surface area contributed by atoms with Gasteiger partial charge in [0.25, 0.3) is 0 Å². The van der Waals surface area contributed by atoms with Crippen molar-refractivity contribution in [2.75, 3.05) is 57.4 Å². The van der Waals surface area contributed by atoms with Crippen LogP contribution in [0, 0.1) is 5.82 Å². The third kappa shape index (κ3) is 4.46. The Bertz CT molecular complexity index is 1130. The highest BCUT2D eigenvalue weighted by molar-refractivity contribution is 7.89. The number of benzene rings is 2. The maximum atomic E-state index is 14.0. The second-order valence-electron chi connectivity index (χ2n) is 7.33. The van der Waals surface area contributed by atoms with Crippen molar-refractivity contribution < 1.29 is 26.0 Å². The number of hydrogen-bond donors (Lipinski definition) is 0. The van der Waals surface area contributed by atoms with Crippen molar-refractivity contribution in [1.29, 1.82) is 0 Å². The molecule has 2 aliphatic rings. The van der Waals surface area contributed by atoms with E-state index < -0.39 is 20.0 Å². The molecule has 2 heterocycles. The van der Waals surface area contributed by atoms with E-state index >= 15 is 0 Å². The fourth-order valence-electron chi connectivity index (χ4n) is 3.75. The number of morpholine rings is 1. The van der Waals surface area contributed by atoms with Crippen LogP contribution in [0.5, 0.6) is 0 Å². The number of hydrogen-bond acceptors (Lipinski definition) is 6. The average Bonchev–Trinajstić information content (AvgIpc) is 2.80. The molecule has 0 spiro atoms. The zero-order valence-electron chi connectivity index (χ0n) is 16.9. The first-order chi connectivity index (χ1) is 14.8. The minimum atomic E-state index is -3.78. The van der Waals surface area contributed by atoms with E-state index in [-0.39, 0.29) is 41.8 Å². The van der Waals surface area contributed by atoms with Gasteiger partial charge in [0, 0.05) is 39.3 Å². The van der Waals surface area contributed by atoms with E-state index in [0.29, 0.717) is 32.0 Å². The average molecular weight is 470 g/mol. The monoisotopic (exact) mass is 469 g/mol. The van der Waals surface area contributed by atoms with Gasteiger partial charge >= 0.3 is 0 Å². The number of para-hydroxylation sites is 1. The Balaban J connectivity index is 1.46. The number of piperazine rings is 1. The normalized spacial score (nSPS) is 19.5. The molecule has 2 aliphatic heterocycles. The van der Waals surface area contributed by atoms with E-state index in [1.165, 1.54) is 38.9 Å². The van der Waals surface area contributed by atoms with Crippen molar-refractivity contribution in [3.63, 3.8) is 0 Å². The summed E-state index contributed by atoms with van der Waals surface area (Å²) < 4.78 is 73.4. The molecule has 0 atom stereocenters. The molecule has 0 bridgehead atoms. The fraction of sp³-hybridized carbons (Fsp3) is 0.400. The Labute approximate surface area is 181 Å². The van der Waals surface area contributed by atoms with Gasteiger partial charge in [-0.05, 0) is 36.4 Å². The van der Waals surface area contributed by atoms with E-state index in [4.69, 9.17) is 4.74 Å². The topological polar surface area (TPSA) is 87.2 Å². The van der Waals surface area contributed by atoms with Crippen LogP contribution >= 0.6 is 0 Å². The Morgan fingerprint density at radius 2 is 1.16 bits per heavy atom. The number of sulfonamides is 2. The van der Waals surface area contributed by atoms with Crippen LogP contribution in [0.1, 0.15) is 0 Å². The smallest absolute Gasteiger partial charge is 0.243 e. The van der Waals surface area contributed by atoms with Crippen molar-refractivity contribution in [2.24, 2.45) is 0 Å². The molecule has 8 nitrogen and oxygen atoms in total. The van der Waals surface area contributed by atoms with E-state index in [2.05, 4.69) is 0 Å². The molecule has 0 unspecified atom stereocenters. The number of halogens is 1. The number of rotatable bonds is 5. The molecule has 2 saturated heterocycles. The molecule has 0 amide bonds. The molecule has 0 saturated carbocycles. The summed E-state index contributed by atoms with van der Waals surface area (Å²) in [4.78, 5) is 1.91. The summed E-state index contributed by atoms with van der Waals surface area (Å²) >= 11 is 0. The second kappa shape index (κ2) is 8.83. The van der Waals surface area contributed by atoms with Crippen LogP contribution in [0.15, 0.2) is 58.3 Å². The summed E-state index contributed by atoms with van der Waals surface area (Å²) in [6.07, 6.45) is 0. The SMILES string of the molecule is O=S(=O)(c1ccc(S(=O)(=O)N2CCN(c3ccccc3F)CC2)cc1)N1CCOCC1. The zero-order chi connectivity index (χ0) is 22.1. The molecule has 168 valence electrons. The summed E-state index contributed by atoms with van der Waals surface area (Å²) in [6, 6.07) is 11.7. The van der Waals surface area contributed by atoms with Gasteiger partial charge in [0.1, 0.15) is 5.82 Å². The van der Waals surface area contributed by atoms with E-state index in [1.54, 1.807) is 18.2 Å². The number of ether oxygens (including phenoxy) is 1. The van der Waals surface area contributed by atoms with Gasteiger partial charge < -0.3 is 9.64 Å². The molecule has 2 fully saturated rings. The summed E-state index contributed by atoms with van der Waals surface area (Å²) in [7, 11) is -7.47. The minimum Gasteiger partial charge on any atom is -0.379 e. The van der Waals surface area contributed by atoms with Crippen molar-refractivity contribution in [3.8, 4) is 0 Å². The highest BCUT2D eigenvalue weighted by Crippen LogP contribution is 2.25. The van der Waals surface area contributed by atoms with E-state index in [0.717, 1.165) is 0 Å². The lowest BCUT2D eigenvalue weighted by atomic mass is 10.2. The number of nitrogens with zero attached hydrogens (tertiary/aromatic N) is 3. The predicted octanol–water partition coefficient (Wildman–Crippen LogP) is 1.36. The third-order valence-electron chi connectivity index (χ3n) is 5.50. The first-order valence-electron chi connectivity index (χ1n) is 9.98. The molecule has 11 heteroatoms. The van der Waals surface area contributed by atoms with E-state index in [9.17, 15) is 21.2 Å². The Morgan fingerprint density at radius 3 is 1.68 bits per heavy atom. The van der Waals surface area contributed by atoms with Crippen LogP contribution in [-0.2, 0) is 24.8 Å². The van der Waals surface area contributed by atoms with Crippen LogP contribution < -0.4 is 4.90 Å². The van der Waals surface area contributed by atoms with Gasteiger partial charge in [-0.3, -0.25) is 0 Å². The van der Waals surface area contributed by atoms with Crippen LogP contribution in [0.2, 0.25) is 0 Å². The first-order valence-corrected chi connectivity index (χ1v) is 12.9. The summed E-state index contributed by atoms with van der Waals surface area (Å²) in [6.45, 7) is 2.38. The maximum Gasteiger partial charge on any atom is 0.243 e. The molecule has 0 aromatic heterocycles. The van der Waals surface area contributed by atoms with Crippen molar-refractivity contribution in [1.82, 2.24) is 8.61 Å². The van der Waals surface area contributed by atoms with Gasteiger partial charge in [-0.25, -0.2) is 21.2 Å². The van der Waals surface area contributed by atoms with Gasteiger partial charge in [-0.15, -0.1) is 0 Å². The van der Waals surface area contributed by atoms with Crippen LogP contribution in [-0.4, -0.2) is 77.9 Å². The van der Waals surface area contributed by atoms with Gasteiger partial charge in [-0.1, -0.05) is 12.1 Å². The second-order valence-corrected chi connectivity index (χ2v) is 11.2. The zero-order valence-corrected chi connectivity index (χ0v) is 18.5. The highest BCUT2D eigenvalue weighted by Gasteiger charge is 2.31. The van der Waals surface area contributed by atoms with Crippen LogP contribution in [0.3, 0.4) is 0 Å². The highest BCUT2D eigenvalue weighted by atomic mass is 32.2. The van der Waals surface area contributed by atoms with Gasteiger partial charge in [0.05, 0.1) is 28.7 Å². The largest absolute Gasteiger partial charge is 0.379 e. The minimum absolute atomic E-state index is 0.0350. The lowest BCUT2D eigenvalue weighted by Gasteiger charge is -2.35. The van der Waals surface area contributed by atoms with E-state index in [1.807, 2.05) is 4.90 Å². The molecular formula is C20H24FN3O5S2. The molecule has 0 aliphatic carbocycles. The molecule has 31 heavy (non-hydrogen) atoms. The molecule has 0 N–H and O–H groups in total. The van der Waals surface area contributed by atoms with Gasteiger partial charge in [0.15, 0.2) is 0 Å².